The maximum atomic E-state index is 13.1. The van der Waals surface area contributed by atoms with Crippen LogP contribution in [0.1, 0.15) is 29.9 Å². The lowest BCUT2D eigenvalue weighted by Crippen LogP contribution is -2.38. The van der Waals surface area contributed by atoms with Crippen LogP contribution in [0.2, 0.25) is 0 Å². The number of aromatic nitrogens is 3. The summed E-state index contributed by atoms with van der Waals surface area (Å²) >= 11 is 3.40. The number of hydrogen-bond donors (Lipinski definition) is 0. The average Bonchev–Trinajstić information content (AvgIpc) is 2.68. The number of fused-ring (bicyclic) bond motifs is 1. The summed E-state index contributed by atoms with van der Waals surface area (Å²) in [6.45, 7) is 5.82. The molecule has 0 fully saturated rings. The Balaban J connectivity index is 2.47. The molecule has 0 aliphatic carbocycles. The molecule has 2 heterocycles. The Bertz CT molecular complexity index is 1220. The Morgan fingerprint density at radius 1 is 1.14 bits per heavy atom. The van der Waals surface area contributed by atoms with Gasteiger partial charge in [-0.15, -0.1) is 0 Å². The number of aryl methyl sites for hydroxylation is 2. The highest BCUT2D eigenvalue weighted by Crippen LogP contribution is 2.32. The SMILES string of the molecule is Cc1nc2c(c(-c3ccc(Br)cc3)c1C(=O)OCC(C)C)c(=O)n(C)c(=O)n2C. The van der Waals surface area contributed by atoms with Gasteiger partial charge in [0, 0.05) is 24.1 Å². The van der Waals surface area contributed by atoms with E-state index in [1.165, 1.54) is 11.6 Å². The largest absolute Gasteiger partial charge is 0.462 e. The van der Waals surface area contributed by atoms with Gasteiger partial charge in [-0.05, 0) is 30.5 Å². The van der Waals surface area contributed by atoms with E-state index in [2.05, 4.69) is 20.9 Å². The Morgan fingerprint density at radius 3 is 2.34 bits per heavy atom. The minimum absolute atomic E-state index is 0.164. The van der Waals surface area contributed by atoms with Crippen molar-refractivity contribution >= 4 is 32.9 Å². The molecule has 0 atom stereocenters. The number of esters is 1. The molecule has 0 aliphatic rings. The van der Waals surface area contributed by atoms with Crippen LogP contribution in [-0.4, -0.2) is 26.7 Å². The average molecular weight is 460 g/mol. The van der Waals surface area contributed by atoms with Crippen LogP contribution in [0.15, 0.2) is 38.3 Å². The Morgan fingerprint density at radius 2 is 1.76 bits per heavy atom. The molecule has 7 nitrogen and oxygen atoms in total. The number of carbonyl (C=O) groups is 1. The van der Waals surface area contributed by atoms with Crippen LogP contribution >= 0.6 is 15.9 Å². The summed E-state index contributed by atoms with van der Waals surface area (Å²) in [4.78, 5) is 42.9. The topological polar surface area (TPSA) is 83.2 Å². The van der Waals surface area contributed by atoms with Crippen molar-refractivity contribution < 1.29 is 9.53 Å². The Kier molecular flexibility index (Phi) is 5.75. The van der Waals surface area contributed by atoms with Gasteiger partial charge in [-0.2, -0.15) is 0 Å². The zero-order valence-electron chi connectivity index (χ0n) is 16.9. The van der Waals surface area contributed by atoms with Crippen LogP contribution < -0.4 is 11.2 Å². The fourth-order valence-electron chi connectivity index (χ4n) is 3.17. The van der Waals surface area contributed by atoms with E-state index < -0.39 is 17.2 Å². The predicted octanol–water partition coefficient (Wildman–Crippen LogP) is 3.18. The zero-order valence-corrected chi connectivity index (χ0v) is 18.5. The fraction of sp³-hybridized carbons (Fsp3) is 0.333. The van der Waals surface area contributed by atoms with Gasteiger partial charge in [0.2, 0.25) is 0 Å². The van der Waals surface area contributed by atoms with E-state index in [-0.39, 0.29) is 29.1 Å². The minimum Gasteiger partial charge on any atom is -0.462 e. The summed E-state index contributed by atoms with van der Waals surface area (Å²) < 4.78 is 8.66. The van der Waals surface area contributed by atoms with Crippen LogP contribution in [0.3, 0.4) is 0 Å². The van der Waals surface area contributed by atoms with Crippen LogP contribution in [-0.2, 0) is 18.8 Å². The number of halogens is 1. The molecule has 0 aliphatic heterocycles. The van der Waals surface area contributed by atoms with Gasteiger partial charge in [-0.3, -0.25) is 13.9 Å². The molecule has 152 valence electrons. The van der Waals surface area contributed by atoms with Gasteiger partial charge < -0.3 is 4.74 Å². The van der Waals surface area contributed by atoms with Gasteiger partial charge in [0.1, 0.15) is 5.65 Å². The molecule has 2 aromatic heterocycles. The Labute approximate surface area is 176 Å². The second-order valence-corrected chi connectivity index (χ2v) is 8.27. The first-order chi connectivity index (χ1) is 13.6. The maximum Gasteiger partial charge on any atom is 0.340 e. The molecule has 3 rings (SSSR count). The zero-order chi connectivity index (χ0) is 21.5. The lowest BCUT2D eigenvalue weighted by molar-refractivity contribution is 0.0458. The van der Waals surface area contributed by atoms with Gasteiger partial charge in [0.15, 0.2) is 0 Å². The van der Waals surface area contributed by atoms with Crippen molar-refractivity contribution in [1.82, 2.24) is 14.1 Å². The molecule has 3 aromatic rings. The first-order valence-electron chi connectivity index (χ1n) is 9.16. The van der Waals surface area contributed by atoms with E-state index in [0.29, 0.717) is 16.8 Å². The summed E-state index contributed by atoms with van der Waals surface area (Å²) in [6.07, 6.45) is 0. The summed E-state index contributed by atoms with van der Waals surface area (Å²) in [5, 5.41) is 0.207. The molecule has 0 radical (unpaired) electrons. The first-order valence-corrected chi connectivity index (χ1v) is 9.96. The van der Waals surface area contributed by atoms with Crippen molar-refractivity contribution in [2.24, 2.45) is 20.0 Å². The molecule has 0 unspecified atom stereocenters. The summed E-state index contributed by atoms with van der Waals surface area (Å²) in [7, 11) is 2.96. The molecule has 0 saturated carbocycles. The van der Waals surface area contributed by atoms with Gasteiger partial charge >= 0.3 is 11.7 Å². The van der Waals surface area contributed by atoms with Gasteiger partial charge in [0.25, 0.3) is 5.56 Å². The molecule has 0 amide bonds. The molecule has 8 heteroatoms. The third kappa shape index (κ3) is 3.76. The van der Waals surface area contributed by atoms with Crippen molar-refractivity contribution in [1.29, 1.82) is 0 Å². The quantitative estimate of drug-likeness (QED) is 0.559. The lowest BCUT2D eigenvalue weighted by Gasteiger charge is -2.17. The van der Waals surface area contributed by atoms with Crippen molar-refractivity contribution in [2.75, 3.05) is 6.61 Å². The van der Waals surface area contributed by atoms with Gasteiger partial charge in [-0.25, -0.2) is 14.6 Å². The molecule has 0 N–H and O–H groups in total. The second kappa shape index (κ2) is 7.94. The number of rotatable bonds is 4. The molecule has 0 bridgehead atoms. The number of nitrogens with zero attached hydrogens (tertiary/aromatic N) is 3. The Hall–Kier alpha value is -2.74. The van der Waals surface area contributed by atoms with E-state index >= 15 is 0 Å². The van der Waals surface area contributed by atoms with E-state index in [1.807, 2.05) is 38.1 Å². The number of benzene rings is 1. The minimum atomic E-state index is -0.542. The number of hydrogen-bond acceptors (Lipinski definition) is 5. The standard InChI is InChI=1S/C21H22BrN3O4/c1-11(2)10-29-20(27)15-12(3)23-18-17(19(26)25(5)21(28)24(18)4)16(15)13-6-8-14(22)9-7-13/h6-9,11H,10H2,1-5H3. The highest BCUT2D eigenvalue weighted by atomic mass is 79.9. The third-order valence-corrected chi connectivity index (χ3v) is 5.18. The lowest BCUT2D eigenvalue weighted by atomic mass is 9.96. The summed E-state index contributed by atoms with van der Waals surface area (Å²) in [5.74, 6) is -0.378. The van der Waals surface area contributed by atoms with Gasteiger partial charge in [-0.1, -0.05) is 41.9 Å². The van der Waals surface area contributed by atoms with Crippen molar-refractivity contribution in [3.8, 4) is 11.1 Å². The van der Waals surface area contributed by atoms with E-state index in [0.717, 1.165) is 9.04 Å². The first kappa shape index (κ1) is 21.0. The molecule has 0 spiro atoms. The van der Waals surface area contributed by atoms with Crippen molar-refractivity contribution in [2.45, 2.75) is 20.8 Å². The van der Waals surface area contributed by atoms with Crippen LogP contribution in [0.5, 0.6) is 0 Å². The van der Waals surface area contributed by atoms with Crippen molar-refractivity contribution in [3.63, 3.8) is 0 Å². The monoisotopic (exact) mass is 459 g/mol. The van der Waals surface area contributed by atoms with E-state index in [1.54, 1.807) is 14.0 Å². The van der Waals surface area contributed by atoms with Crippen LogP contribution in [0.4, 0.5) is 0 Å². The summed E-state index contributed by atoms with van der Waals surface area (Å²) in [6, 6.07) is 7.27. The highest BCUT2D eigenvalue weighted by molar-refractivity contribution is 9.10. The van der Waals surface area contributed by atoms with E-state index in [9.17, 15) is 14.4 Å². The van der Waals surface area contributed by atoms with Crippen LogP contribution in [0.25, 0.3) is 22.2 Å². The molecule has 29 heavy (non-hydrogen) atoms. The number of carbonyl (C=O) groups excluding carboxylic acids is 1. The van der Waals surface area contributed by atoms with Crippen molar-refractivity contribution in [3.05, 3.63) is 60.8 Å². The van der Waals surface area contributed by atoms with E-state index in [4.69, 9.17) is 4.74 Å². The normalized spacial score (nSPS) is 11.3. The molecular formula is C21H22BrN3O4. The smallest absolute Gasteiger partial charge is 0.340 e. The number of pyridine rings is 1. The maximum absolute atomic E-state index is 13.1. The second-order valence-electron chi connectivity index (χ2n) is 7.35. The fourth-order valence-corrected chi connectivity index (χ4v) is 3.44. The van der Waals surface area contributed by atoms with Gasteiger partial charge in [0.05, 0.1) is 23.3 Å². The molecule has 0 saturated heterocycles. The number of ether oxygens (including phenoxy) is 1. The predicted molar refractivity (Wildman–Crippen MR) is 115 cm³/mol. The molecule has 1 aromatic carbocycles. The molecular weight excluding hydrogens is 438 g/mol. The third-order valence-electron chi connectivity index (χ3n) is 4.65. The highest BCUT2D eigenvalue weighted by Gasteiger charge is 2.25. The van der Waals surface area contributed by atoms with Crippen LogP contribution in [0, 0.1) is 12.8 Å². The summed E-state index contributed by atoms with van der Waals surface area (Å²) in [5.41, 5.74) is 0.955.